The van der Waals surface area contributed by atoms with Crippen molar-refractivity contribution in [1.29, 1.82) is 0 Å². The number of fused-ring (bicyclic) bond motifs is 6. The number of rotatable bonds is 29. The van der Waals surface area contributed by atoms with Crippen molar-refractivity contribution in [1.82, 2.24) is 9.97 Å². The highest BCUT2D eigenvalue weighted by Crippen LogP contribution is 2.48. The molecule has 10 aromatic rings. The van der Waals surface area contributed by atoms with E-state index in [0.717, 1.165) is 46.4 Å². The number of aryl methyl sites for hydroxylation is 4. The first kappa shape index (κ1) is 58.8. The van der Waals surface area contributed by atoms with Crippen LogP contribution < -0.4 is 10.4 Å². The molecule has 4 heterocycles. The molecule has 5 heteroatoms. The predicted molar refractivity (Wildman–Crippen MR) is 369 cm³/mol. The number of unbranched alkanes of at least 4 members (excludes halogenated alkanes) is 16. The molecule has 0 N–H and O–H groups in total. The fraction of sp³-hybridized carbons (Fsp3) is 0.385. The van der Waals surface area contributed by atoms with Crippen LogP contribution in [-0.2, 0) is 12.8 Å². The molecule has 7 aromatic carbocycles. The first-order chi connectivity index (χ1) is 40.8. The van der Waals surface area contributed by atoms with E-state index in [1.54, 1.807) is 10.4 Å². The molecule has 0 atom stereocenters. The maximum Gasteiger partial charge on any atom is 0.119 e. The molecule has 0 fully saturated rings. The highest BCUT2D eigenvalue weighted by atomic mass is 32.1. The first-order valence-corrected chi connectivity index (χ1v) is 36.7. The van der Waals surface area contributed by atoms with Gasteiger partial charge in [-0.05, 0) is 123 Å². The molecule has 11 rings (SSSR count). The first-order valence-electron chi connectivity index (χ1n) is 32.6. The summed E-state index contributed by atoms with van der Waals surface area (Å²) >= 11 is 3.95. The van der Waals surface area contributed by atoms with E-state index < -0.39 is 8.07 Å². The third kappa shape index (κ3) is 12.7. The third-order valence-electron chi connectivity index (χ3n) is 18.6. The van der Waals surface area contributed by atoms with Crippen molar-refractivity contribution in [2.24, 2.45) is 0 Å². The minimum absolute atomic E-state index is 0.935. The lowest BCUT2D eigenvalue weighted by Gasteiger charge is -2.31. The van der Waals surface area contributed by atoms with Gasteiger partial charge in [0.2, 0.25) is 0 Å². The fourth-order valence-electron chi connectivity index (χ4n) is 14.0. The molecule has 3 aromatic heterocycles. The summed E-state index contributed by atoms with van der Waals surface area (Å²) in [4.78, 5) is 17.6. The minimum atomic E-state index is -2.13. The molecule has 83 heavy (non-hydrogen) atoms. The smallest absolute Gasteiger partial charge is 0.119 e. The Morgan fingerprint density at radius 1 is 0.373 bits per heavy atom. The van der Waals surface area contributed by atoms with Gasteiger partial charge in [-0.25, -0.2) is 9.97 Å². The zero-order valence-corrected chi connectivity index (χ0v) is 53.7. The van der Waals surface area contributed by atoms with E-state index >= 15 is 0 Å². The molecule has 2 nitrogen and oxygen atoms in total. The van der Waals surface area contributed by atoms with Crippen LogP contribution in [0.15, 0.2) is 146 Å². The normalized spacial score (nSPS) is 12.7. The van der Waals surface area contributed by atoms with Gasteiger partial charge in [-0.2, -0.15) is 0 Å². The van der Waals surface area contributed by atoms with Gasteiger partial charge >= 0.3 is 0 Å². The summed E-state index contributed by atoms with van der Waals surface area (Å²) in [6.07, 6.45) is 28.4. The van der Waals surface area contributed by atoms with Crippen LogP contribution in [0.1, 0.15) is 178 Å². The molecular formula is C78H90N2S2Si. The second-order valence-electron chi connectivity index (χ2n) is 24.5. The standard InChI is InChI=1S/C78H90N2S2Si/c1-7-11-15-19-21-29-49-83(50-30-22-20-16-12-8-2)72-51-55(5)43-45-64(72)65-46-44-61(54-73(65)83)78-60(36-24-18-14-10-4)53-71(82-78)69-48-47-68(70-52-59(56(6)81-70)35-23-17-13-9-3)76-77(69)80-75(67-42-32-38-58-34-26-28-40-63(58)67)74(79-76)66-41-31-37-57-33-25-27-39-62(57)66/h25-28,31-34,37-48,51-54H,7-24,29-30,35-36,49-50H2,1-6H3. The molecular weight excluding hydrogens is 1060 g/mol. The third-order valence-corrected chi connectivity index (χ3v) is 26.3. The number of benzene rings is 7. The quantitative estimate of drug-likeness (QED) is 0.0345. The Kier molecular flexibility index (Phi) is 19.7. The molecule has 0 saturated carbocycles. The van der Waals surface area contributed by atoms with E-state index in [9.17, 15) is 0 Å². The molecule has 428 valence electrons. The van der Waals surface area contributed by atoms with Crippen LogP contribution >= 0.6 is 22.7 Å². The van der Waals surface area contributed by atoms with Crippen molar-refractivity contribution >= 4 is 73.7 Å². The second kappa shape index (κ2) is 27.8. The Hall–Kier alpha value is -5.98. The van der Waals surface area contributed by atoms with Crippen molar-refractivity contribution < 1.29 is 0 Å². The Morgan fingerprint density at radius 2 is 0.819 bits per heavy atom. The minimum Gasteiger partial charge on any atom is -0.243 e. The van der Waals surface area contributed by atoms with Crippen LogP contribution in [0.2, 0.25) is 12.1 Å². The predicted octanol–water partition coefficient (Wildman–Crippen LogP) is 23.5. The molecule has 0 bridgehead atoms. The van der Waals surface area contributed by atoms with Crippen LogP contribution in [0.5, 0.6) is 0 Å². The number of hydrogen-bond acceptors (Lipinski definition) is 4. The summed E-state index contributed by atoms with van der Waals surface area (Å²) in [6.45, 7) is 14.0. The van der Waals surface area contributed by atoms with E-state index in [-0.39, 0.29) is 0 Å². The van der Waals surface area contributed by atoms with Crippen LogP contribution in [-0.4, -0.2) is 18.0 Å². The molecule has 1 aliphatic heterocycles. The SMILES string of the molecule is CCCCCCCC[Si]1(CCCCCCCC)c2cc(C)ccc2-c2ccc(-c3sc(-c4ccc(-c5cc(CCCCCC)c(C)s5)c5nc(-c6cccc7ccccc67)c(-c6cccc7ccccc67)nc45)cc3CCCCCC)cc21. The molecule has 0 saturated heterocycles. The zero-order chi connectivity index (χ0) is 57.1. The molecule has 0 amide bonds. The van der Waals surface area contributed by atoms with E-state index in [4.69, 9.17) is 9.97 Å². The van der Waals surface area contributed by atoms with Gasteiger partial charge < -0.3 is 0 Å². The summed E-state index contributed by atoms with van der Waals surface area (Å²) in [6, 6.07) is 59.1. The number of aromatic nitrogens is 2. The summed E-state index contributed by atoms with van der Waals surface area (Å²) in [5, 5.41) is 8.26. The van der Waals surface area contributed by atoms with Crippen LogP contribution in [0.25, 0.3) is 97.5 Å². The highest BCUT2D eigenvalue weighted by Gasteiger charge is 2.45. The Balaban J connectivity index is 1.11. The van der Waals surface area contributed by atoms with Crippen LogP contribution in [0.4, 0.5) is 0 Å². The molecule has 0 spiro atoms. The average molecular weight is 1150 g/mol. The van der Waals surface area contributed by atoms with Gasteiger partial charge in [0.25, 0.3) is 0 Å². The summed E-state index contributed by atoms with van der Waals surface area (Å²) in [7, 11) is -2.13. The Bertz CT molecular complexity index is 3790. The summed E-state index contributed by atoms with van der Waals surface area (Å²) < 4.78 is 0. The van der Waals surface area contributed by atoms with E-state index in [1.807, 2.05) is 22.7 Å². The van der Waals surface area contributed by atoms with Crippen molar-refractivity contribution in [3.05, 3.63) is 167 Å². The van der Waals surface area contributed by atoms with Crippen molar-refractivity contribution in [3.8, 4) is 65.0 Å². The van der Waals surface area contributed by atoms with Gasteiger partial charge in [0.15, 0.2) is 0 Å². The van der Waals surface area contributed by atoms with Gasteiger partial charge in [-0.3, -0.25) is 0 Å². The maximum absolute atomic E-state index is 6.09. The topological polar surface area (TPSA) is 25.8 Å². The fourth-order valence-corrected chi connectivity index (χ4v) is 22.0. The summed E-state index contributed by atoms with van der Waals surface area (Å²) in [5.41, 5.74) is 17.3. The van der Waals surface area contributed by atoms with Gasteiger partial charge in [0, 0.05) is 41.8 Å². The number of nitrogens with zero attached hydrogens (tertiary/aromatic N) is 2. The Morgan fingerprint density at radius 3 is 1.39 bits per heavy atom. The van der Waals surface area contributed by atoms with Gasteiger partial charge in [0.1, 0.15) is 8.07 Å². The van der Waals surface area contributed by atoms with Crippen LogP contribution in [0.3, 0.4) is 0 Å². The van der Waals surface area contributed by atoms with Crippen molar-refractivity contribution in [2.75, 3.05) is 0 Å². The number of thiophene rings is 2. The van der Waals surface area contributed by atoms with E-state index in [2.05, 4.69) is 187 Å². The largest absolute Gasteiger partial charge is 0.243 e. The highest BCUT2D eigenvalue weighted by molar-refractivity contribution is 7.19. The Labute approximate surface area is 507 Å². The molecule has 0 aliphatic carbocycles. The zero-order valence-electron chi connectivity index (χ0n) is 51.0. The van der Waals surface area contributed by atoms with E-state index in [0.29, 0.717) is 0 Å². The van der Waals surface area contributed by atoms with Crippen LogP contribution in [0, 0.1) is 13.8 Å². The van der Waals surface area contributed by atoms with E-state index in [1.165, 1.54) is 226 Å². The molecule has 0 unspecified atom stereocenters. The van der Waals surface area contributed by atoms with Crippen molar-refractivity contribution in [3.63, 3.8) is 0 Å². The monoisotopic (exact) mass is 1150 g/mol. The average Bonchev–Trinajstić information content (AvgIpc) is 2.85. The molecule has 0 radical (unpaired) electrons. The number of hydrogen-bond donors (Lipinski definition) is 0. The lowest BCUT2D eigenvalue weighted by atomic mass is 9.94. The van der Waals surface area contributed by atoms with Gasteiger partial charge in [-0.15, -0.1) is 22.7 Å². The maximum atomic E-state index is 6.09. The van der Waals surface area contributed by atoms with Gasteiger partial charge in [0.05, 0.1) is 22.4 Å². The second-order valence-corrected chi connectivity index (χ2v) is 31.1. The van der Waals surface area contributed by atoms with Gasteiger partial charge in [-0.1, -0.05) is 282 Å². The lowest BCUT2D eigenvalue weighted by Crippen LogP contribution is -2.55. The molecule has 1 aliphatic rings. The van der Waals surface area contributed by atoms with Crippen molar-refractivity contribution in [2.45, 2.75) is 195 Å². The lowest BCUT2D eigenvalue weighted by molar-refractivity contribution is 0.616. The summed E-state index contributed by atoms with van der Waals surface area (Å²) in [5.74, 6) is 0.